The molecule has 1 saturated carbocycles. The lowest BCUT2D eigenvalue weighted by molar-refractivity contribution is -0.131. The maximum Gasteiger partial charge on any atom is 0.408 e. The highest BCUT2D eigenvalue weighted by atomic mass is 35.5. The van der Waals surface area contributed by atoms with Crippen LogP contribution in [-0.2, 0) is 9.53 Å². The maximum atomic E-state index is 13.2. The van der Waals surface area contributed by atoms with Gasteiger partial charge in [0.25, 0.3) is 0 Å². The lowest BCUT2D eigenvalue weighted by Crippen LogP contribution is -2.46. The summed E-state index contributed by atoms with van der Waals surface area (Å²) in [6.45, 7) is 5.31. The first kappa shape index (κ1) is 18.1. The number of hydrogen-bond donors (Lipinski definition) is 1. The van der Waals surface area contributed by atoms with Crippen molar-refractivity contribution in [3.63, 3.8) is 0 Å². The Morgan fingerprint density at radius 3 is 2.29 bits per heavy atom. The van der Waals surface area contributed by atoms with E-state index in [1.165, 1.54) is 0 Å². The lowest BCUT2D eigenvalue weighted by Gasteiger charge is -2.33. The molecule has 0 aromatic heterocycles. The number of ketones is 1. The minimum absolute atomic E-state index is 0.142. The number of amides is 1. The summed E-state index contributed by atoms with van der Waals surface area (Å²) >= 11 is 5.53. The molecular formula is C14H22ClF2NO3. The third kappa shape index (κ3) is 6.16. The molecule has 0 heterocycles. The molecule has 0 radical (unpaired) electrons. The third-order valence-corrected chi connectivity index (χ3v) is 3.61. The van der Waals surface area contributed by atoms with Gasteiger partial charge in [-0.1, -0.05) is 0 Å². The summed E-state index contributed by atoms with van der Waals surface area (Å²) < 4.78 is 31.5. The molecule has 1 N–H and O–H groups in total. The van der Waals surface area contributed by atoms with Gasteiger partial charge in [-0.3, -0.25) is 4.79 Å². The van der Waals surface area contributed by atoms with Crippen LogP contribution in [0, 0.1) is 5.92 Å². The number of carbonyl (C=O) groups is 2. The van der Waals surface area contributed by atoms with Crippen molar-refractivity contribution in [3.8, 4) is 0 Å². The van der Waals surface area contributed by atoms with Gasteiger partial charge in [-0.2, -0.15) is 0 Å². The highest BCUT2D eigenvalue weighted by Gasteiger charge is 2.41. The second kappa shape index (κ2) is 6.90. The van der Waals surface area contributed by atoms with Crippen LogP contribution in [0.5, 0.6) is 0 Å². The van der Waals surface area contributed by atoms with Crippen LogP contribution >= 0.6 is 11.6 Å². The fraction of sp³-hybridized carbons (Fsp3) is 0.857. The summed E-state index contributed by atoms with van der Waals surface area (Å²) in [4.78, 5) is 23.6. The number of ether oxygens (including phenoxy) is 1. The molecule has 0 saturated heterocycles. The van der Waals surface area contributed by atoms with Gasteiger partial charge in [-0.25, -0.2) is 13.6 Å². The van der Waals surface area contributed by atoms with Crippen LogP contribution in [0.15, 0.2) is 0 Å². The Hall–Kier alpha value is -0.910. The van der Waals surface area contributed by atoms with E-state index in [-0.39, 0.29) is 31.6 Å². The smallest absolute Gasteiger partial charge is 0.408 e. The Balaban J connectivity index is 2.69. The predicted molar refractivity (Wildman–Crippen MR) is 75.8 cm³/mol. The van der Waals surface area contributed by atoms with Crippen LogP contribution in [-0.4, -0.2) is 35.3 Å². The molecule has 1 atom stereocenters. The van der Waals surface area contributed by atoms with E-state index < -0.39 is 35.4 Å². The molecule has 21 heavy (non-hydrogen) atoms. The van der Waals surface area contributed by atoms with Crippen molar-refractivity contribution < 1.29 is 23.1 Å². The zero-order valence-corrected chi connectivity index (χ0v) is 13.3. The largest absolute Gasteiger partial charge is 0.438 e. The number of hydrogen-bond acceptors (Lipinski definition) is 3. The monoisotopic (exact) mass is 325 g/mol. The van der Waals surface area contributed by atoms with E-state index in [1.807, 2.05) is 0 Å². The standard InChI is InChI=1S/C14H22ClF2NO3/c1-13(2,3)18-12(20)21-11(10(19)8-15)9-4-6-14(16,17)7-5-9/h9,11H,4-8H2,1-3H3,(H,18,20)/t11-/m0/s1. The Kier molecular flexibility index (Phi) is 5.96. The van der Waals surface area contributed by atoms with Crippen LogP contribution in [0.4, 0.5) is 13.6 Å². The fourth-order valence-electron chi connectivity index (χ4n) is 2.32. The molecule has 1 fully saturated rings. The number of carbonyl (C=O) groups excluding carboxylic acids is 2. The van der Waals surface area contributed by atoms with Crippen molar-refractivity contribution in [2.75, 3.05) is 5.88 Å². The van der Waals surface area contributed by atoms with E-state index in [0.29, 0.717) is 0 Å². The average Bonchev–Trinajstić information content (AvgIpc) is 2.33. The van der Waals surface area contributed by atoms with Crippen LogP contribution in [0.1, 0.15) is 46.5 Å². The van der Waals surface area contributed by atoms with Gasteiger partial charge >= 0.3 is 6.09 Å². The molecule has 0 aromatic rings. The minimum Gasteiger partial charge on any atom is -0.438 e. The Bertz CT molecular complexity index is 386. The second-order valence-electron chi connectivity index (χ2n) is 6.49. The number of alkyl halides is 3. The van der Waals surface area contributed by atoms with Crippen molar-refractivity contribution in [1.29, 1.82) is 0 Å². The van der Waals surface area contributed by atoms with Gasteiger partial charge in [-0.15, -0.1) is 11.6 Å². The Labute approximate surface area is 128 Å². The Morgan fingerprint density at radius 2 is 1.86 bits per heavy atom. The molecule has 0 aliphatic heterocycles. The first-order valence-electron chi connectivity index (χ1n) is 6.99. The van der Waals surface area contributed by atoms with Crippen LogP contribution in [0.25, 0.3) is 0 Å². The molecule has 1 aliphatic rings. The zero-order chi connectivity index (χ0) is 16.3. The molecular weight excluding hydrogens is 304 g/mol. The van der Waals surface area contributed by atoms with Gasteiger partial charge in [0.2, 0.25) is 5.92 Å². The van der Waals surface area contributed by atoms with Crippen molar-refractivity contribution >= 4 is 23.5 Å². The number of Topliss-reactive ketones (excluding diaryl/α,β-unsaturated/α-hetero) is 1. The van der Waals surface area contributed by atoms with Crippen molar-refractivity contribution in [3.05, 3.63) is 0 Å². The molecule has 0 bridgehead atoms. The van der Waals surface area contributed by atoms with Crippen molar-refractivity contribution in [2.24, 2.45) is 5.92 Å². The predicted octanol–water partition coefficient (Wildman–Crippen LogP) is 3.51. The van der Waals surface area contributed by atoms with E-state index >= 15 is 0 Å². The molecule has 0 spiro atoms. The van der Waals surface area contributed by atoms with Gasteiger partial charge in [0.05, 0.1) is 5.88 Å². The van der Waals surface area contributed by atoms with E-state index in [9.17, 15) is 18.4 Å². The number of halogens is 3. The summed E-state index contributed by atoms with van der Waals surface area (Å²) in [6, 6.07) is 0. The average molecular weight is 326 g/mol. The molecule has 1 aliphatic carbocycles. The van der Waals surface area contributed by atoms with E-state index in [1.54, 1.807) is 20.8 Å². The quantitative estimate of drug-likeness (QED) is 0.805. The van der Waals surface area contributed by atoms with E-state index in [4.69, 9.17) is 16.3 Å². The maximum absolute atomic E-state index is 13.2. The topological polar surface area (TPSA) is 55.4 Å². The van der Waals surface area contributed by atoms with Crippen molar-refractivity contribution in [1.82, 2.24) is 5.32 Å². The first-order valence-corrected chi connectivity index (χ1v) is 7.53. The molecule has 1 rings (SSSR count). The summed E-state index contributed by atoms with van der Waals surface area (Å²) in [5.41, 5.74) is -0.509. The van der Waals surface area contributed by atoms with Gasteiger partial charge in [0.15, 0.2) is 11.9 Å². The molecule has 7 heteroatoms. The van der Waals surface area contributed by atoms with E-state index in [0.717, 1.165) is 0 Å². The normalized spacial score (nSPS) is 20.7. The third-order valence-electron chi connectivity index (χ3n) is 3.35. The lowest BCUT2D eigenvalue weighted by atomic mass is 9.82. The highest BCUT2D eigenvalue weighted by Crippen LogP contribution is 2.38. The zero-order valence-electron chi connectivity index (χ0n) is 12.5. The van der Waals surface area contributed by atoms with Gasteiger partial charge < -0.3 is 10.1 Å². The molecule has 4 nitrogen and oxygen atoms in total. The molecule has 1 amide bonds. The van der Waals surface area contributed by atoms with Gasteiger partial charge in [0, 0.05) is 24.3 Å². The molecule has 0 aromatic carbocycles. The molecule has 0 unspecified atom stereocenters. The summed E-state index contributed by atoms with van der Waals surface area (Å²) in [5, 5.41) is 2.58. The van der Waals surface area contributed by atoms with E-state index in [2.05, 4.69) is 5.32 Å². The van der Waals surface area contributed by atoms with Crippen LogP contribution in [0.3, 0.4) is 0 Å². The summed E-state index contributed by atoms with van der Waals surface area (Å²) in [6.07, 6.45) is -2.10. The number of nitrogens with one attached hydrogen (secondary N) is 1. The van der Waals surface area contributed by atoms with Crippen LogP contribution in [0.2, 0.25) is 0 Å². The number of rotatable bonds is 4. The molecule has 122 valence electrons. The van der Waals surface area contributed by atoms with Gasteiger partial charge in [0.1, 0.15) is 0 Å². The minimum atomic E-state index is -2.70. The van der Waals surface area contributed by atoms with Crippen LogP contribution < -0.4 is 5.32 Å². The first-order chi connectivity index (χ1) is 9.54. The highest BCUT2D eigenvalue weighted by molar-refractivity contribution is 6.28. The van der Waals surface area contributed by atoms with Crippen molar-refractivity contribution in [2.45, 2.75) is 64.0 Å². The SMILES string of the molecule is CC(C)(C)NC(=O)O[C@H](C(=O)CCl)C1CCC(F)(F)CC1. The summed E-state index contributed by atoms with van der Waals surface area (Å²) in [7, 11) is 0. The second-order valence-corrected chi connectivity index (χ2v) is 6.76. The fourth-order valence-corrected chi connectivity index (χ4v) is 2.47. The Morgan fingerprint density at radius 1 is 1.33 bits per heavy atom. The number of alkyl carbamates (subject to hydrolysis) is 1. The summed E-state index contributed by atoms with van der Waals surface area (Å²) in [5.74, 6) is -3.85. The van der Waals surface area contributed by atoms with Gasteiger partial charge in [-0.05, 0) is 33.6 Å².